The van der Waals surface area contributed by atoms with Crippen LogP contribution < -0.4 is 10.6 Å². The van der Waals surface area contributed by atoms with Gasteiger partial charge in [-0.15, -0.1) is 6.42 Å². The summed E-state index contributed by atoms with van der Waals surface area (Å²) >= 11 is 0. The molecule has 19 heavy (non-hydrogen) atoms. The standard InChI is InChI=1S/C14H14N4O/c1-4-5-18-11-7-10-9(16-13(15)17-10)6-8(11)14(2,3)12(18)19/h1,6-7H,5H2,2-3H3,(H3,15,16,17). The van der Waals surface area contributed by atoms with Crippen LogP contribution in [0.4, 0.5) is 11.6 Å². The summed E-state index contributed by atoms with van der Waals surface area (Å²) in [4.78, 5) is 21.2. The summed E-state index contributed by atoms with van der Waals surface area (Å²) in [5, 5.41) is 0. The second-order valence-corrected chi connectivity index (χ2v) is 5.23. The third-order valence-electron chi connectivity index (χ3n) is 3.61. The molecule has 1 aromatic heterocycles. The van der Waals surface area contributed by atoms with E-state index in [2.05, 4.69) is 15.9 Å². The van der Waals surface area contributed by atoms with Crippen molar-refractivity contribution < 1.29 is 4.79 Å². The fourth-order valence-corrected chi connectivity index (χ4v) is 2.60. The van der Waals surface area contributed by atoms with Gasteiger partial charge in [0.25, 0.3) is 0 Å². The van der Waals surface area contributed by atoms with Gasteiger partial charge in [-0.05, 0) is 31.5 Å². The maximum atomic E-state index is 12.4. The van der Waals surface area contributed by atoms with Crippen LogP contribution in [0.5, 0.6) is 0 Å². The number of carbonyl (C=O) groups is 1. The van der Waals surface area contributed by atoms with Gasteiger partial charge in [0.2, 0.25) is 5.91 Å². The Hall–Kier alpha value is -2.48. The minimum absolute atomic E-state index is 0.0149. The number of aromatic nitrogens is 2. The van der Waals surface area contributed by atoms with Crippen LogP contribution in [0.3, 0.4) is 0 Å². The molecule has 0 bridgehead atoms. The molecule has 0 unspecified atom stereocenters. The van der Waals surface area contributed by atoms with Crippen LogP contribution in [-0.2, 0) is 10.2 Å². The number of fused-ring (bicyclic) bond motifs is 2. The Morgan fingerprint density at radius 1 is 1.53 bits per heavy atom. The highest BCUT2D eigenvalue weighted by Crippen LogP contribution is 2.43. The van der Waals surface area contributed by atoms with E-state index in [1.54, 1.807) is 4.90 Å². The van der Waals surface area contributed by atoms with Crippen molar-refractivity contribution >= 4 is 28.6 Å². The molecule has 0 atom stereocenters. The number of carbonyl (C=O) groups excluding carboxylic acids is 1. The zero-order chi connectivity index (χ0) is 13.8. The Bertz CT molecular complexity index is 736. The number of rotatable bonds is 1. The number of amides is 1. The highest BCUT2D eigenvalue weighted by molar-refractivity contribution is 6.09. The quantitative estimate of drug-likeness (QED) is 0.755. The monoisotopic (exact) mass is 254 g/mol. The van der Waals surface area contributed by atoms with E-state index in [1.807, 2.05) is 26.0 Å². The molecule has 0 saturated carbocycles. The van der Waals surface area contributed by atoms with Gasteiger partial charge < -0.3 is 10.7 Å². The summed E-state index contributed by atoms with van der Waals surface area (Å²) in [5.41, 5.74) is 8.42. The van der Waals surface area contributed by atoms with Crippen molar-refractivity contribution in [3.05, 3.63) is 17.7 Å². The van der Waals surface area contributed by atoms with Gasteiger partial charge in [-0.3, -0.25) is 9.69 Å². The molecule has 1 aliphatic rings. The second-order valence-electron chi connectivity index (χ2n) is 5.23. The van der Waals surface area contributed by atoms with Crippen molar-refractivity contribution in [2.45, 2.75) is 19.3 Å². The number of benzene rings is 1. The summed E-state index contributed by atoms with van der Waals surface area (Å²) in [6, 6.07) is 3.80. The first-order valence-corrected chi connectivity index (χ1v) is 6.00. The van der Waals surface area contributed by atoms with E-state index in [9.17, 15) is 4.79 Å². The molecule has 0 aliphatic carbocycles. The molecule has 1 amide bonds. The fraction of sp³-hybridized carbons (Fsp3) is 0.286. The van der Waals surface area contributed by atoms with E-state index in [4.69, 9.17) is 12.2 Å². The number of terminal acetylenes is 1. The summed E-state index contributed by atoms with van der Waals surface area (Å²) in [6.45, 7) is 4.06. The molecule has 3 N–H and O–H groups in total. The number of nitrogens with two attached hydrogens (primary N) is 1. The molecule has 2 aromatic rings. The van der Waals surface area contributed by atoms with E-state index < -0.39 is 5.41 Å². The molecule has 5 nitrogen and oxygen atoms in total. The maximum absolute atomic E-state index is 12.4. The van der Waals surface area contributed by atoms with Crippen molar-refractivity contribution in [1.29, 1.82) is 0 Å². The number of nitrogens with one attached hydrogen (secondary N) is 1. The van der Waals surface area contributed by atoms with Crippen LogP contribution in [0.15, 0.2) is 12.1 Å². The van der Waals surface area contributed by atoms with E-state index in [1.165, 1.54) is 0 Å². The Morgan fingerprint density at radius 2 is 2.26 bits per heavy atom. The Balaban J connectivity index is 2.29. The van der Waals surface area contributed by atoms with Crippen molar-refractivity contribution in [2.75, 3.05) is 17.2 Å². The number of hydrogen-bond acceptors (Lipinski definition) is 3. The van der Waals surface area contributed by atoms with Gasteiger partial charge in [0, 0.05) is 0 Å². The lowest BCUT2D eigenvalue weighted by Gasteiger charge is -2.18. The average molecular weight is 254 g/mol. The average Bonchev–Trinajstić information content (AvgIpc) is 2.79. The summed E-state index contributed by atoms with van der Waals surface area (Å²) in [6.07, 6.45) is 5.35. The van der Waals surface area contributed by atoms with E-state index in [-0.39, 0.29) is 12.5 Å². The molecule has 1 aliphatic heterocycles. The first-order chi connectivity index (χ1) is 8.95. The third kappa shape index (κ3) is 1.43. The van der Waals surface area contributed by atoms with E-state index in [0.717, 1.165) is 22.3 Å². The predicted molar refractivity (Wildman–Crippen MR) is 74.7 cm³/mol. The summed E-state index contributed by atoms with van der Waals surface area (Å²) in [7, 11) is 0. The van der Waals surface area contributed by atoms with Crippen LogP contribution >= 0.6 is 0 Å². The highest BCUT2D eigenvalue weighted by atomic mass is 16.2. The Labute approximate surface area is 110 Å². The molecular weight excluding hydrogens is 240 g/mol. The first kappa shape index (κ1) is 11.6. The fourth-order valence-electron chi connectivity index (χ4n) is 2.60. The maximum Gasteiger partial charge on any atom is 0.238 e. The topological polar surface area (TPSA) is 75.0 Å². The number of nitrogen functional groups attached to an aromatic ring is 1. The SMILES string of the molecule is C#CCN1C(=O)C(C)(C)c2cc3nc(N)[nH]c3cc21. The number of nitrogens with zero attached hydrogens (tertiary/aromatic N) is 2. The lowest BCUT2D eigenvalue weighted by molar-refractivity contribution is -0.121. The summed E-state index contributed by atoms with van der Waals surface area (Å²) < 4.78 is 0. The third-order valence-corrected chi connectivity index (χ3v) is 3.61. The zero-order valence-electron chi connectivity index (χ0n) is 10.8. The molecule has 2 heterocycles. The molecule has 0 radical (unpaired) electrons. The Morgan fingerprint density at radius 3 is 2.95 bits per heavy atom. The molecule has 3 rings (SSSR count). The van der Waals surface area contributed by atoms with Crippen molar-refractivity contribution in [3.8, 4) is 12.3 Å². The number of hydrogen-bond donors (Lipinski definition) is 2. The van der Waals surface area contributed by atoms with Crippen molar-refractivity contribution in [1.82, 2.24) is 9.97 Å². The van der Waals surface area contributed by atoms with Crippen LogP contribution in [-0.4, -0.2) is 22.4 Å². The lowest BCUT2D eigenvalue weighted by Crippen LogP contribution is -2.36. The molecule has 0 fully saturated rings. The largest absolute Gasteiger partial charge is 0.369 e. The molecule has 0 saturated heterocycles. The van der Waals surface area contributed by atoms with Gasteiger partial charge in [0.1, 0.15) is 0 Å². The normalized spacial score (nSPS) is 16.7. The molecular formula is C14H14N4O. The summed E-state index contributed by atoms with van der Waals surface area (Å²) in [5.74, 6) is 2.91. The number of anilines is 2. The zero-order valence-corrected chi connectivity index (χ0v) is 10.8. The van der Waals surface area contributed by atoms with Crippen molar-refractivity contribution in [3.63, 3.8) is 0 Å². The van der Waals surface area contributed by atoms with Gasteiger partial charge in [0.05, 0.1) is 28.7 Å². The molecule has 96 valence electrons. The number of imidazole rings is 1. The molecule has 5 heteroatoms. The van der Waals surface area contributed by atoms with Gasteiger partial charge >= 0.3 is 0 Å². The van der Waals surface area contributed by atoms with Gasteiger partial charge in [-0.25, -0.2) is 4.98 Å². The first-order valence-electron chi connectivity index (χ1n) is 6.00. The Kier molecular flexibility index (Phi) is 2.14. The second kappa shape index (κ2) is 3.51. The van der Waals surface area contributed by atoms with E-state index >= 15 is 0 Å². The smallest absolute Gasteiger partial charge is 0.238 e. The number of aromatic amines is 1. The predicted octanol–water partition coefficient (Wildman–Crippen LogP) is 1.40. The van der Waals surface area contributed by atoms with Crippen LogP contribution in [0, 0.1) is 12.3 Å². The minimum atomic E-state index is -0.589. The molecule has 1 aromatic carbocycles. The van der Waals surface area contributed by atoms with Gasteiger partial charge in [0.15, 0.2) is 5.95 Å². The highest BCUT2D eigenvalue weighted by Gasteiger charge is 2.43. The lowest BCUT2D eigenvalue weighted by atomic mass is 9.86. The minimum Gasteiger partial charge on any atom is -0.369 e. The van der Waals surface area contributed by atoms with Crippen molar-refractivity contribution in [2.24, 2.45) is 0 Å². The van der Waals surface area contributed by atoms with Crippen LogP contribution in [0.1, 0.15) is 19.4 Å². The van der Waals surface area contributed by atoms with Crippen LogP contribution in [0.2, 0.25) is 0 Å². The number of H-pyrrole nitrogens is 1. The molecule has 0 spiro atoms. The van der Waals surface area contributed by atoms with Crippen LogP contribution in [0.25, 0.3) is 11.0 Å². The van der Waals surface area contributed by atoms with Gasteiger partial charge in [-0.1, -0.05) is 5.92 Å². The van der Waals surface area contributed by atoms with E-state index in [0.29, 0.717) is 5.95 Å². The van der Waals surface area contributed by atoms with Gasteiger partial charge in [-0.2, -0.15) is 0 Å².